The summed E-state index contributed by atoms with van der Waals surface area (Å²) < 4.78 is 39.0. The van der Waals surface area contributed by atoms with Crippen molar-refractivity contribution in [1.82, 2.24) is 4.31 Å². The van der Waals surface area contributed by atoms with Crippen LogP contribution in [0.15, 0.2) is 45.9 Å². The van der Waals surface area contributed by atoms with Gasteiger partial charge in [0, 0.05) is 29.7 Å². The molecule has 2 aromatic carbocycles. The molecule has 1 N–H and O–H groups in total. The molecule has 1 aromatic heterocycles. The molecular formula is C24H28N2O5S. The summed E-state index contributed by atoms with van der Waals surface area (Å²) in [5, 5.41) is 3.73. The Labute approximate surface area is 188 Å². The molecule has 1 saturated heterocycles. The van der Waals surface area contributed by atoms with E-state index in [1.54, 1.807) is 25.3 Å². The van der Waals surface area contributed by atoms with E-state index in [2.05, 4.69) is 5.32 Å². The summed E-state index contributed by atoms with van der Waals surface area (Å²) >= 11 is 0. The fourth-order valence-electron chi connectivity index (χ4n) is 3.98. The minimum Gasteiger partial charge on any atom is -0.492 e. The number of nitrogens with zero attached hydrogens (tertiary/aromatic N) is 1. The van der Waals surface area contributed by atoms with E-state index in [4.69, 9.17) is 9.15 Å². The number of hydrogen-bond donors (Lipinski definition) is 1. The third-order valence-corrected chi connectivity index (χ3v) is 7.75. The third kappa shape index (κ3) is 4.38. The maximum absolute atomic E-state index is 13.2. The first-order valence-corrected chi connectivity index (χ1v) is 12.3. The van der Waals surface area contributed by atoms with Gasteiger partial charge in [-0.1, -0.05) is 0 Å². The van der Waals surface area contributed by atoms with Crippen molar-refractivity contribution in [2.75, 3.05) is 25.0 Å². The molecule has 4 rings (SSSR count). The SMILES string of the molecule is CCOc1ccc(NC(=O)Cc2coc3cc(C)c(C)cc23)cc1S(=O)(=O)N1CCCC1. The second-order valence-electron chi connectivity index (χ2n) is 8.12. The van der Waals surface area contributed by atoms with Gasteiger partial charge in [-0.2, -0.15) is 4.31 Å². The van der Waals surface area contributed by atoms with Gasteiger partial charge in [0.25, 0.3) is 0 Å². The quantitative estimate of drug-likeness (QED) is 0.569. The number of carbonyl (C=O) groups is 1. The number of nitrogens with one attached hydrogen (secondary N) is 1. The Bertz CT molecular complexity index is 1260. The lowest BCUT2D eigenvalue weighted by molar-refractivity contribution is -0.115. The number of fused-ring (bicyclic) bond motifs is 1. The number of hydrogen-bond acceptors (Lipinski definition) is 5. The van der Waals surface area contributed by atoms with Crippen molar-refractivity contribution in [2.45, 2.75) is 44.9 Å². The van der Waals surface area contributed by atoms with Gasteiger partial charge >= 0.3 is 0 Å². The normalized spacial score (nSPS) is 14.7. The number of benzene rings is 2. The molecule has 7 nitrogen and oxygen atoms in total. The molecule has 0 saturated carbocycles. The van der Waals surface area contributed by atoms with Crippen LogP contribution in [0.25, 0.3) is 11.0 Å². The molecule has 0 bridgehead atoms. The van der Waals surface area contributed by atoms with E-state index in [-0.39, 0.29) is 17.2 Å². The van der Waals surface area contributed by atoms with E-state index in [9.17, 15) is 13.2 Å². The van der Waals surface area contributed by atoms with E-state index >= 15 is 0 Å². The molecule has 0 aliphatic carbocycles. The molecule has 1 amide bonds. The maximum atomic E-state index is 13.2. The Kier molecular flexibility index (Phi) is 6.26. The second-order valence-corrected chi connectivity index (χ2v) is 10.0. The number of sulfonamides is 1. The van der Waals surface area contributed by atoms with Crippen molar-refractivity contribution in [3.05, 3.63) is 53.3 Å². The van der Waals surface area contributed by atoms with Crippen LogP contribution in [-0.4, -0.2) is 38.3 Å². The van der Waals surface area contributed by atoms with Gasteiger partial charge in [-0.15, -0.1) is 0 Å². The highest BCUT2D eigenvalue weighted by molar-refractivity contribution is 7.89. The first-order valence-electron chi connectivity index (χ1n) is 10.8. The Balaban J connectivity index is 1.58. The first-order chi connectivity index (χ1) is 15.3. The lowest BCUT2D eigenvalue weighted by Gasteiger charge is -2.19. The van der Waals surface area contributed by atoms with Crippen LogP contribution < -0.4 is 10.1 Å². The number of anilines is 1. The van der Waals surface area contributed by atoms with E-state index in [1.165, 1.54) is 10.4 Å². The fraction of sp³-hybridized carbons (Fsp3) is 0.375. The average molecular weight is 457 g/mol. The standard InChI is InChI=1S/C24H28N2O5S/c1-4-30-21-8-7-19(14-23(21)32(28,29)26-9-5-6-10-26)25-24(27)13-18-15-31-22-12-17(3)16(2)11-20(18)22/h7-8,11-12,14-15H,4-6,9-10,13H2,1-3H3,(H,25,27). The van der Waals surface area contributed by atoms with E-state index < -0.39 is 10.0 Å². The second kappa shape index (κ2) is 8.96. The van der Waals surface area contributed by atoms with Crippen LogP contribution in [0.2, 0.25) is 0 Å². The molecule has 2 heterocycles. The topological polar surface area (TPSA) is 88.8 Å². The first kappa shape index (κ1) is 22.4. The molecule has 0 spiro atoms. The highest BCUT2D eigenvalue weighted by Crippen LogP contribution is 2.32. The summed E-state index contributed by atoms with van der Waals surface area (Å²) in [5.74, 6) is 0.0451. The van der Waals surface area contributed by atoms with Gasteiger partial charge < -0.3 is 14.5 Å². The Morgan fingerprint density at radius 2 is 1.84 bits per heavy atom. The number of ether oxygens (including phenoxy) is 1. The summed E-state index contributed by atoms with van der Waals surface area (Å²) in [7, 11) is -3.70. The molecule has 3 aromatic rings. The number of amides is 1. The monoisotopic (exact) mass is 456 g/mol. The molecule has 0 unspecified atom stereocenters. The zero-order valence-electron chi connectivity index (χ0n) is 18.6. The Hall–Kier alpha value is -2.84. The van der Waals surface area contributed by atoms with Gasteiger partial charge in [0.15, 0.2) is 0 Å². The van der Waals surface area contributed by atoms with Gasteiger partial charge in [0.05, 0.1) is 19.3 Å². The summed E-state index contributed by atoms with van der Waals surface area (Å²) in [4.78, 5) is 12.8. The van der Waals surface area contributed by atoms with Crippen molar-refractivity contribution >= 4 is 32.6 Å². The van der Waals surface area contributed by atoms with Crippen molar-refractivity contribution in [3.8, 4) is 5.75 Å². The minimum atomic E-state index is -3.70. The van der Waals surface area contributed by atoms with Crippen LogP contribution in [0.3, 0.4) is 0 Å². The van der Waals surface area contributed by atoms with Crippen LogP contribution in [0.5, 0.6) is 5.75 Å². The molecule has 170 valence electrons. The van der Waals surface area contributed by atoms with E-state index in [1.807, 2.05) is 26.0 Å². The number of carbonyl (C=O) groups excluding carboxylic acids is 1. The van der Waals surface area contributed by atoms with Gasteiger partial charge in [-0.25, -0.2) is 8.42 Å². The molecular weight excluding hydrogens is 428 g/mol. The summed E-state index contributed by atoms with van der Waals surface area (Å²) in [5.41, 5.74) is 4.20. The lowest BCUT2D eigenvalue weighted by Crippen LogP contribution is -2.28. The van der Waals surface area contributed by atoms with Gasteiger partial charge in [0.1, 0.15) is 16.2 Å². The lowest BCUT2D eigenvalue weighted by atomic mass is 10.0. The number of furan rings is 1. The highest BCUT2D eigenvalue weighted by atomic mass is 32.2. The summed E-state index contributed by atoms with van der Waals surface area (Å²) in [6.07, 6.45) is 3.41. The average Bonchev–Trinajstić information content (AvgIpc) is 3.41. The van der Waals surface area contributed by atoms with E-state index in [0.29, 0.717) is 31.1 Å². The van der Waals surface area contributed by atoms with Crippen LogP contribution in [0.1, 0.15) is 36.5 Å². The highest BCUT2D eigenvalue weighted by Gasteiger charge is 2.30. The number of rotatable bonds is 7. The fourth-order valence-corrected chi connectivity index (χ4v) is 5.66. The predicted octanol–water partition coefficient (Wildman–Crippen LogP) is 4.41. The molecule has 1 aliphatic heterocycles. The van der Waals surface area contributed by atoms with Gasteiger partial charge in [-0.3, -0.25) is 4.79 Å². The predicted molar refractivity (Wildman–Crippen MR) is 124 cm³/mol. The van der Waals surface area contributed by atoms with Gasteiger partial charge in [0.2, 0.25) is 15.9 Å². The van der Waals surface area contributed by atoms with Crippen molar-refractivity contribution in [3.63, 3.8) is 0 Å². The van der Waals surface area contributed by atoms with E-state index in [0.717, 1.165) is 40.5 Å². The molecule has 32 heavy (non-hydrogen) atoms. The van der Waals surface area contributed by atoms with Crippen molar-refractivity contribution in [1.29, 1.82) is 0 Å². The van der Waals surface area contributed by atoms with Crippen LogP contribution in [0, 0.1) is 13.8 Å². The molecule has 0 radical (unpaired) electrons. The zero-order chi connectivity index (χ0) is 22.9. The van der Waals surface area contributed by atoms with Crippen molar-refractivity contribution < 1.29 is 22.4 Å². The van der Waals surface area contributed by atoms with Crippen LogP contribution in [0.4, 0.5) is 5.69 Å². The maximum Gasteiger partial charge on any atom is 0.246 e. The minimum absolute atomic E-state index is 0.0823. The smallest absolute Gasteiger partial charge is 0.246 e. The van der Waals surface area contributed by atoms with Crippen molar-refractivity contribution in [2.24, 2.45) is 0 Å². The zero-order valence-corrected chi connectivity index (χ0v) is 19.4. The molecule has 1 fully saturated rings. The summed E-state index contributed by atoms with van der Waals surface area (Å²) in [6.45, 7) is 7.19. The molecule has 8 heteroatoms. The number of aryl methyl sites for hydroxylation is 2. The largest absolute Gasteiger partial charge is 0.492 e. The molecule has 0 atom stereocenters. The molecule has 1 aliphatic rings. The summed E-state index contributed by atoms with van der Waals surface area (Å²) in [6, 6.07) is 8.73. The van der Waals surface area contributed by atoms with Gasteiger partial charge in [-0.05, 0) is 75.1 Å². The van der Waals surface area contributed by atoms with Crippen LogP contribution in [-0.2, 0) is 21.2 Å². The third-order valence-electron chi connectivity index (χ3n) is 5.83. The van der Waals surface area contributed by atoms with Crippen LogP contribution >= 0.6 is 0 Å². The Morgan fingerprint density at radius 3 is 2.56 bits per heavy atom. The Morgan fingerprint density at radius 1 is 1.12 bits per heavy atom.